The number of anilines is 1. The van der Waals surface area contributed by atoms with Crippen molar-refractivity contribution >= 4 is 33.4 Å². The number of hydrogen-bond donors (Lipinski definition) is 2. The molecule has 6 heteroatoms. The van der Waals surface area contributed by atoms with E-state index in [-0.39, 0.29) is 18.2 Å². The van der Waals surface area contributed by atoms with E-state index in [4.69, 9.17) is 4.74 Å². The van der Waals surface area contributed by atoms with Gasteiger partial charge in [-0.15, -0.1) is 0 Å². The van der Waals surface area contributed by atoms with Crippen LogP contribution in [0.4, 0.5) is 5.69 Å². The number of benzene rings is 2. The van der Waals surface area contributed by atoms with E-state index < -0.39 is 5.54 Å². The molecule has 1 fully saturated rings. The third-order valence-electron chi connectivity index (χ3n) is 4.74. The minimum Gasteiger partial charge on any atom is -0.381 e. The van der Waals surface area contributed by atoms with Crippen molar-refractivity contribution < 1.29 is 14.3 Å². The lowest BCUT2D eigenvalue weighted by Crippen LogP contribution is -2.50. The molecule has 2 amide bonds. The van der Waals surface area contributed by atoms with Crippen LogP contribution in [0.15, 0.2) is 53.0 Å². The molecule has 0 bridgehead atoms. The van der Waals surface area contributed by atoms with Gasteiger partial charge >= 0.3 is 0 Å². The van der Waals surface area contributed by atoms with Gasteiger partial charge in [-0.05, 0) is 48.2 Å². The smallest absolute Gasteiger partial charge is 0.225 e. The second-order valence-electron chi connectivity index (χ2n) is 6.81. The van der Waals surface area contributed by atoms with Gasteiger partial charge in [0.15, 0.2) is 0 Å². The molecule has 0 atom stereocenters. The highest BCUT2D eigenvalue weighted by atomic mass is 79.9. The lowest BCUT2D eigenvalue weighted by atomic mass is 9.82. The first-order valence-corrected chi connectivity index (χ1v) is 9.77. The summed E-state index contributed by atoms with van der Waals surface area (Å²) < 4.78 is 6.52. The monoisotopic (exact) mass is 430 g/mol. The Balaban J connectivity index is 1.72. The number of nitrogens with one attached hydrogen (secondary N) is 2. The van der Waals surface area contributed by atoms with E-state index in [0.29, 0.717) is 13.2 Å². The quantitative estimate of drug-likeness (QED) is 0.758. The van der Waals surface area contributed by atoms with E-state index in [0.717, 1.165) is 34.1 Å². The fourth-order valence-electron chi connectivity index (χ4n) is 3.40. The summed E-state index contributed by atoms with van der Waals surface area (Å²) in [5.41, 5.74) is 2.31. The summed E-state index contributed by atoms with van der Waals surface area (Å²) >= 11 is 3.52. The molecule has 1 aliphatic heterocycles. The average Bonchev–Trinajstić information content (AvgIpc) is 2.63. The number of rotatable bonds is 5. The van der Waals surface area contributed by atoms with Crippen molar-refractivity contribution in [3.63, 3.8) is 0 Å². The van der Waals surface area contributed by atoms with Crippen LogP contribution in [0.1, 0.15) is 30.9 Å². The summed E-state index contributed by atoms with van der Waals surface area (Å²) in [5.74, 6) is -0.139. The van der Waals surface area contributed by atoms with Crippen LogP contribution < -0.4 is 10.6 Å². The number of hydrogen-bond acceptors (Lipinski definition) is 3. The van der Waals surface area contributed by atoms with Gasteiger partial charge in [0.05, 0.1) is 12.0 Å². The van der Waals surface area contributed by atoms with Crippen LogP contribution in [-0.2, 0) is 26.3 Å². The minimum atomic E-state index is -0.408. The predicted molar refractivity (Wildman–Crippen MR) is 108 cm³/mol. The predicted octanol–water partition coefficient (Wildman–Crippen LogP) is 3.77. The largest absolute Gasteiger partial charge is 0.381 e. The van der Waals surface area contributed by atoms with Gasteiger partial charge in [0.2, 0.25) is 11.8 Å². The molecule has 27 heavy (non-hydrogen) atoms. The molecule has 1 heterocycles. The van der Waals surface area contributed by atoms with Crippen molar-refractivity contribution in [2.75, 3.05) is 18.5 Å². The summed E-state index contributed by atoms with van der Waals surface area (Å²) in [6, 6.07) is 15.4. The Morgan fingerprint density at radius 1 is 1.11 bits per heavy atom. The molecule has 0 saturated carbocycles. The van der Waals surface area contributed by atoms with Crippen LogP contribution in [0.2, 0.25) is 0 Å². The van der Waals surface area contributed by atoms with E-state index in [9.17, 15) is 9.59 Å². The van der Waals surface area contributed by atoms with E-state index in [1.807, 2.05) is 36.4 Å². The van der Waals surface area contributed by atoms with Gasteiger partial charge in [-0.25, -0.2) is 0 Å². The lowest BCUT2D eigenvalue weighted by molar-refractivity contribution is -0.124. The molecule has 5 nitrogen and oxygen atoms in total. The van der Waals surface area contributed by atoms with Gasteiger partial charge in [-0.2, -0.15) is 0 Å². The molecule has 2 aromatic carbocycles. The van der Waals surface area contributed by atoms with Gasteiger partial charge in [0, 0.05) is 30.3 Å². The third-order valence-corrected chi connectivity index (χ3v) is 5.23. The number of carbonyl (C=O) groups excluding carboxylic acids is 2. The van der Waals surface area contributed by atoms with Crippen LogP contribution in [0.3, 0.4) is 0 Å². The Morgan fingerprint density at radius 2 is 1.81 bits per heavy atom. The summed E-state index contributed by atoms with van der Waals surface area (Å²) in [7, 11) is 0. The Morgan fingerprint density at radius 3 is 2.44 bits per heavy atom. The highest BCUT2D eigenvalue weighted by molar-refractivity contribution is 9.10. The van der Waals surface area contributed by atoms with Gasteiger partial charge in [0.1, 0.15) is 0 Å². The first kappa shape index (κ1) is 19.6. The first-order chi connectivity index (χ1) is 13.0. The molecule has 0 radical (unpaired) electrons. The van der Waals surface area contributed by atoms with E-state index in [2.05, 4.69) is 38.7 Å². The second kappa shape index (κ2) is 8.67. The van der Waals surface area contributed by atoms with Crippen molar-refractivity contribution in [1.29, 1.82) is 0 Å². The van der Waals surface area contributed by atoms with Crippen LogP contribution in [0.5, 0.6) is 0 Å². The van der Waals surface area contributed by atoms with Crippen LogP contribution in [-0.4, -0.2) is 25.0 Å². The molecule has 0 spiro atoms. The molecule has 0 aliphatic carbocycles. The zero-order chi connectivity index (χ0) is 19.3. The molecule has 3 rings (SSSR count). The van der Waals surface area contributed by atoms with Gasteiger partial charge in [-0.1, -0.05) is 40.2 Å². The summed E-state index contributed by atoms with van der Waals surface area (Å²) in [4.78, 5) is 23.9. The maximum absolute atomic E-state index is 12.8. The summed E-state index contributed by atoms with van der Waals surface area (Å²) in [6.07, 6.45) is 1.78. The Kier molecular flexibility index (Phi) is 6.29. The third kappa shape index (κ3) is 5.17. The molecule has 2 N–H and O–H groups in total. The van der Waals surface area contributed by atoms with Crippen molar-refractivity contribution in [2.24, 2.45) is 0 Å². The first-order valence-electron chi connectivity index (χ1n) is 8.98. The number of amides is 2. The van der Waals surface area contributed by atoms with Crippen LogP contribution in [0.25, 0.3) is 0 Å². The zero-order valence-electron chi connectivity index (χ0n) is 15.3. The van der Waals surface area contributed by atoms with Gasteiger partial charge in [-0.3, -0.25) is 9.59 Å². The molecule has 0 unspecified atom stereocenters. The van der Waals surface area contributed by atoms with E-state index in [1.165, 1.54) is 6.92 Å². The van der Waals surface area contributed by atoms with Crippen molar-refractivity contribution in [1.82, 2.24) is 5.32 Å². The molecular formula is C21H23BrN2O3. The Labute approximate surface area is 167 Å². The highest BCUT2D eigenvalue weighted by Gasteiger charge is 2.36. The van der Waals surface area contributed by atoms with Crippen LogP contribution in [0, 0.1) is 0 Å². The van der Waals surface area contributed by atoms with Gasteiger partial charge < -0.3 is 15.4 Å². The van der Waals surface area contributed by atoms with Crippen molar-refractivity contribution in [2.45, 2.75) is 31.7 Å². The SMILES string of the molecule is CC(=O)Nc1ccc(CC(=O)NC2(c3cccc(Br)c3)CCOCC2)cc1. The Bertz CT molecular complexity index is 814. The Hall–Kier alpha value is -2.18. The van der Waals surface area contributed by atoms with E-state index >= 15 is 0 Å². The number of carbonyl (C=O) groups is 2. The summed E-state index contributed by atoms with van der Waals surface area (Å²) in [6.45, 7) is 2.72. The van der Waals surface area contributed by atoms with Crippen molar-refractivity contribution in [3.8, 4) is 0 Å². The van der Waals surface area contributed by atoms with Crippen molar-refractivity contribution in [3.05, 3.63) is 64.1 Å². The standard InChI is InChI=1S/C21H23BrN2O3/c1-15(25)23-19-7-5-16(6-8-19)13-20(26)24-21(9-11-27-12-10-21)17-3-2-4-18(22)14-17/h2-8,14H,9-13H2,1H3,(H,23,25)(H,24,26). The summed E-state index contributed by atoms with van der Waals surface area (Å²) in [5, 5.41) is 5.99. The van der Waals surface area contributed by atoms with Crippen LogP contribution >= 0.6 is 15.9 Å². The molecule has 1 saturated heterocycles. The molecular weight excluding hydrogens is 408 g/mol. The topological polar surface area (TPSA) is 67.4 Å². The average molecular weight is 431 g/mol. The molecule has 1 aliphatic rings. The maximum Gasteiger partial charge on any atom is 0.225 e. The van der Waals surface area contributed by atoms with E-state index in [1.54, 1.807) is 0 Å². The molecule has 142 valence electrons. The maximum atomic E-state index is 12.8. The molecule has 2 aromatic rings. The highest BCUT2D eigenvalue weighted by Crippen LogP contribution is 2.33. The van der Waals surface area contributed by atoms with Gasteiger partial charge in [0.25, 0.3) is 0 Å². The lowest BCUT2D eigenvalue weighted by Gasteiger charge is -2.38. The molecule has 0 aromatic heterocycles. The minimum absolute atomic E-state index is 0.0239. The zero-order valence-corrected chi connectivity index (χ0v) is 16.8. The number of ether oxygens (including phenoxy) is 1. The fraction of sp³-hybridized carbons (Fsp3) is 0.333. The number of halogens is 1. The normalized spacial score (nSPS) is 15.8. The second-order valence-corrected chi connectivity index (χ2v) is 7.72. The fourth-order valence-corrected chi connectivity index (χ4v) is 3.80.